The van der Waals surface area contributed by atoms with Crippen LogP contribution in [0.5, 0.6) is 0 Å². The van der Waals surface area contributed by atoms with Gasteiger partial charge in [-0.1, -0.05) is 6.07 Å². The first-order chi connectivity index (χ1) is 13.2. The highest BCUT2D eigenvalue weighted by Crippen LogP contribution is 2.17. The average molecular weight is 401 g/mol. The van der Waals surface area contributed by atoms with E-state index in [-0.39, 0.29) is 5.69 Å². The van der Waals surface area contributed by atoms with E-state index in [0.717, 1.165) is 16.3 Å². The van der Waals surface area contributed by atoms with Gasteiger partial charge < -0.3 is 9.14 Å². The van der Waals surface area contributed by atoms with E-state index < -0.39 is 28.4 Å². The lowest BCUT2D eigenvalue weighted by Gasteiger charge is -2.16. The first-order valence-electron chi connectivity index (χ1n) is 8.36. The number of Topliss-reactive ketones (excluding diaryl/α,β-unsaturated/α-hetero) is 1. The molecule has 28 heavy (non-hydrogen) atoms. The van der Waals surface area contributed by atoms with Crippen LogP contribution in [0.4, 0.5) is 5.69 Å². The van der Waals surface area contributed by atoms with Crippen LogP contribution in [-0.2, 0) is 14.8 Å². The number of hydrogen-bond donors (Lipinski definition) is 0. The van der Waals surface area contributed by atoms with Crippen LogP contribution in [-0.4, -0.2) is 49.5 Å². The summed E-state index contributed by atoms with van der Waals surface area (Å²) in [7, 11) is -1.96. The Morgan fingerprint density at radius 3 is 2.43 bits per heavy atom. The number of carbonyl (C=O) groups excluding carboxylic acids is 2. The summed E-state index contributed by atoms with van der Waals surface area (Å²) < 4.78 is 31.0. The van der Waals surface area contributed by atoms with E-state index in [4.69, 9.17) is 4.74 Å². The number of anilines is 1. The van der Waals surface area contributed by atoms with Crippen molar-refractivity contribution in [3.63, 3.8) is 0 Å². The van der Waals surface area contributed by atoms with Crippen LogP contribution in [0.15, 0.2) is 48.7 Å². The smallest absolute Gasteiger partial charge is 0.359 e. The number of esters is 1. The fourth-order valence-corrected chi connectivity index (χ4v) is 3.09. The molecule has 0 fully saturated rings. The molecule has 2 aromatic heterocycles. The fraction of sp³-hybridized carbons (Fsp3) is 0.211. The van der Waals surface area contributed by atoms with Gasteiger partial charge in [-0.2, -0.15) is 0 Å². The van der Waals surface area contributed by atoms with E-state index in [0.29, 0.717) is 16.9 Å². The molecule has 3 aromatic rings. The molecule has 0 atom stereocenters. The molecular weight excluding hydrogens is 382 g/mol. The standard InChI is InChI=1S/C19H19N3O5S/c1-13-5-4-6-18-20-16(11-22(13)18)19(24)27-12-17(23)14-7-9-15(10-8-14)21(2)28(3,25)26/h4-11H,12H2,1-3H3. The Morgan fingerprint density at radius 1 is 1.14 bits per heavy atom. The number of carbonyl (C=O) groups is 2. The third-order valence-electron chi connectivity index (χ3n) is 4.29. The van der Waals surface area contributed by atoms with Crippen LogP contribution in [0.25, 0.3) is 5.65 Å². The van der Waals surface area contributed by atoms with Gasteiger partial charge in [-0.3, -0.25) is 9.10 Å². The quantitative estimate of drug-likeness (QED) is 0.463. The number of sulfonamides is 1. The van der Waals surface area contributed by atoms with Crippen molar-refractivity contribution >= 4 is 33.1 Å². The van der Waals surface area contributed by atoms with E-state index in [2.05, 4.69) is 4.98 Å². The van der Waals surface area contributed by atoms with Gasteiger partial charge in [-0.05, 0) is 43.3 Å². The lowest BCUT2D eigenvalue weighted by Crippen LogP contribution is -2.24. The van der Waals surface area contributed by atoms with Crippen molar-refractivity contribution in [3.05, 3.63) is 65.6 Å². The Labute approximate surface area is 162 Å². The number of hydrogen-bond acceptors (Lipinski definition) is 6. The van der Waals surface area contributed by atoms with Crippen LogP contribution in [0.2, 0.25) is 0 Å². The summed E-state index contributed by atoms with van der Waals surface area (Å²) in [6.45, 7) is 1.45. The van der Waals surface area contributed by atoms with E-state index in [9.17, 15) is 18.0 Å². The molecule has 9 heteroatoms. The van der Waals surface area contributed by atoms with Gasteiger partial charge in [0, 0.05) is 24.5 Å². The minimum Gasteiger partial charge on any atom is -0.453 e. The van der Waals surface area contributed by atoms with Crippen molar-refractivity contribution in [3.8, 4) is 0 Å². The first-order valence-corrected chi connectivity index (χ1v) is 10.2. The summed E-state index contributed by atoms with van der Waals surface area (Å²) >= 11 is 0. The van der Waals surface area contributed by atoms with Crippen LogP contribution >= 0.6 is 0 Å². The summed E-state index contributed by atoms with van der Waals surface area (Å²) in [5.74, 6) is -1.09. The predicted molar refractivity (Wildman–Crippen MR) is 104 cm³/mol. The molecular formula is C19H19N3O5S. The number of ketones is 1. The second-order valence-electron chi connectivity index (χ2n) is 6.30. The van der Waals surface area contributed by atoms with Gasteiger partial charge in [0.2, 0.25) is 10.0 Å². The Hall–Kier alpha value is -3.20. The maximum absolute atomic E-state index is 12.3. The van der Waals surface area contributed by atoms with Crippen molar-refractivity contribution < 1.29 is 22.7 Å². The summed E-state index contributed by atoms with van der Waals surface area (Å²) in [6.07, 6.45) is 2.65. The number of benzene rings is 1. The zero-order valence-corrected chi connectivity index (χ0v) is 16.4. The van der Waals surface area contributed by atoms with Gasteiger partial charge in [0.15, 0.2) is 18.1 Å². The molecule has 0 aliphatic heterocycles. The number of imidazole rings is 1. The Morgan fingerprint density at radius 2 is 1.82 bits per heavy atom. The second-order valence-corrected chi connectivity index (χ2v) is 8.31. The van der Waals surface area contributed by atoms with Crippen molar-refractivity contribution in [1.29, 1.82) is 0 Å². The van der Waals surface area contributed by atoms with E-state index in [1.54, 1.807) is 16.7 Å². The molecule has 0 N–H and O–H groups in total. The maximum Gasteiger partial charge on any atom is 0.359 e. The largest absolute Gasteiger partial charge is 0.453 e. The molecule has 0 saturated carbocycles. The van der Waals surface area contributed by atoms with Crippen molar-refractivity contribution in [2.24, 2.45) is 0 Å². The maximum atomic E-state index is 12.3. The number of aromatic nitrogens is 2. The predicted octanol–water partition coefficient (Wildman–Crippen LogP) is 2.08. The van der Waals surface area contributed by atoms with Gasteiger partial charge in [0.05, 0.1) is 11.9 Å². The molecule has 0 unspecified atom stereocenters. The van der Waals surface area contributed by atoms with Crippen LogP contribution < -0.4 is 4.31 Å². The molecule has 0 bridgehead atoms. The molecule has 3 rings (SSSR count). The van der Waals surface area contributed by atoms with Gasteiger partial charge in [0.1, 0.15) is 5.65 Å². The van der Waals surface area contributed by atoms with Gasteiger partial charge in [-0.15, -0.1) is 0 Å². The lowest BCUT2D eigenvalue weighted by atomic mass is 10.1. The zero-order valence-electron chi connectivity index (χ0n) is 15.6. The highest BCUT2D eigenvalue weighted by atomic mass is 32.2. The summed E-state index contributed by atoms with van der Waals surface area (Å²) in [4.78, 5) is 28.6. The number of nitrogens with zero attached hydrogens (tertiary/aromatic N) is 3. The minimum atomic E-state index is -3.39. The Balaban J connectivity index is 1.66. The van der Waals surface area contributed by atoms with Crippen molar-refractivity contribution in [2.45, 2.75) is 6.92 Å². The molecule has 0 spiro atoms. The minimum absolute atomic E-state index is 0.118. The van der Waals surface area contributed by atoms with E-state index >= 15 is 0 Å². The van der Waals surface area contributed by atoms with Crippen LogP contribution in [0.3, 0.4) is 0 Å². The number of aryl methyl sites for hydroxylation is 1. The Kier molecular flexibility index (Phi) is 5.19. The monoisotopic (exact) mass is 401 g/mol. The number of pyridine rings is 1. The second kappa shape index (κ2) is 7.43. The fourth-order valence-electron chi connectivity index (χ4n) is 2.58. The highest BCUT2D eigenvalue weighted by molar-refractivity contribution is 7.92. The molecule has 0 saturated heterocycles. The van der Waals surface area contributed by atoms with Gasteiger partial charge in [-0.25, -0.2) is 18.2 Å². The van der Waals surface area contributed by atoms with E-state index in [1.807, 2.05) is 19.1 Å². The third-order valence-corrected chi connectivity index (χ3v) is 5.50. The Bertz CT molecular complexity index is 1150. The zero-order chi connectivity index (χ0) is 20.5. The molecule has 0 radical (unpaired) electrons. The number of fused-ring (bicyclic) bond motifs is 1. The summed E-state index contributed by atoms with van der Waals surface area (Å²) in [5.41, 5.74) is 2.38. The third kappa shape index (κ3) is 4.04. The van der Waals surface area contributed by atoms with Gasteiger partial charge >= 0.3 is 5.97 Å². The topological polar surface area (TPSA) is 98.0 Å². The van der Waals surface area contributed by atoms with Crippen molar-refractivity contribution in [2.75, 3.05) is 24.2 Å². The van der Waals surface area contributed by atoms with Gasteiger partial charge in [0.25, 0.3) is 0 Å². The molecule has 2 heterocycles. The van der Waals surface area contributed by atoms with Crippen LogP contribution in [0.1, 0.15) is 26.5 Å². The number of rotatable bonds is 6. The molecule has 0 aliphatic rings. The summed E-state index contributed by atoms with van der Waals surface area (Å²) in [6, 6.07) is 11.5. The molecule has 146 valence electrons. The number of ether oxygens (including phenoxy) is 1. The molecule has 0 amide bonds. The molecule has 8 nitrogen and oxygen atoms in total. The first kappa shape index (κ1) is 19.6. The van der Waals surface area contributed by atoms with E-state index in [1.165, 1.54) is 31.3 Å². The summed E-state index contributed by atoms with van der Waals surface area (Å²) in [5, 5.41) is 0. The lowest BCUT2D eigenvalue weighted by molar-refractivity contribution is 0.0469. The average Bonchev–Trinajstić information content (AvgIpc) is 3.10. The SMILES string of the molecule is Cc1cccc2nc(C(=O)OCC(=O)c3ccc(N(C)S(C)(=O)=O)cc3)cn12. The van der Waals surface area contributed by atoms with Crippen LogP contribution in [0, 0.1) is 6.92 Å². The molecule has 1 aromatic carbocycles. The normalized spacial score (nSPS) is 11.4. The highest BCUT2D eigenvalue weighted by Gasteiger charge is 2.17. The molecule has 0 aliphatic carbocycles. The van der Waals surface area contributed by atoms with Crippen molar-refractivity contribution in [1.82, 2.24) is 9.38 Å².